The maximum absolute atomic E-state index is 12.4. The molecule has 2 aromatic heterocycles. The summed E-state index contributed by atoms with van der Waals surface area (Å²) in [6.45, 7) is 0. The number of carbonyl (C=O) groups excluding carboxylic acids is 1. The molecule has 0 bridgehead atoms. The van der Waals surface area contributed by atoms with Crippen molar-refractivity contribution in [2.75, 3.05) is 5.32 Å². The Balaban J connectivity index is 1.70. The molecule has 0 aliphatic carbocycles. The average Bonchev–Trinajstić information content (AvgIpc) is 2.95. The molecule has 1 N–H and O–H groups in total. The molecule has 0 fully saturated rings. The van der Waals surface area contributed by atoms with E-state index in [4.69, 9.17) is 16.0 Å². The first-order valence-electron chi connectivity index (χ1n) is 7.00. The zero-order chi connectivity index (χ0) is 16.7. The molecule has 0 unspecified atom stereocenters. The number of thiazole rings is 1. The van der Waals surface area contributed by atoms with Crippen molar-refractivity contribution < 1.29 is 9.21 Å². The van der Waals surface area contributed by atoms with Gasteiger partial charge >= 0.3 is 5.63 Å². The van der Waals surface area contributed by atoms with Crippen LogP contribution < -0.4 is 10.9 Å². The summed E-state index contributed by atoms with van der Waals surface area (Å²) in [7, 11) is 0. The van der Waals surface area contributed by atoms with Crippen LogP contribution in [-0.4, -0.2) is 10.9 Å². The molecule has 0 saturated heterocycles. The minimum atomic E-state index is -0.685. The standard InChI is InChI=1S/C17H9ClN2O3S/c18-10-5-6-12-14(8-10)24-17(19-12)20-15(21)11-7-9-3-1-2-4-13(9)23-16(11)22/h1-8H,(H,19,20,21). The first kappa shape index (κ1) is 14.9. The fraction of sp³-hybridized carbons (Fsp3) is 0. The molecule has 0 aliphatic heterocycles. The lowest BCUT2D eigenvalue weighted by Crippen LogP contribution is -2.20. The number of hydrogen-bond donors (Lipinski definition) is 1. The molecule has 4 aromatic rings. The molecule has 0 saturated carbocycles. The van der Waals surface area contributed by atoms with Crippen molar-refractivity contribution in [2.45, 2.75) is 0 Å². The number of rotatable bonds is 2. The summed E-state index contributed by atoms with van der Waals surface area (Å²) < 4.78 is 6.03. The van der Waals surface area contributed by atoms with E-state index in [1.54, 1.807) is 42.5 Å². The highest BCUT2D eigenvalue weighted by atomic mass is 35.5. The maximum Gasteiger partial charge on any atom is 0.349 e. The Hall–Kier alpha value is -2.70. The van der Waals surface area contributed by atoms with Crippen LogP contribution in [0.15, 0.2) is 57.7 Å². The highest BCUT2D eigenvalue weighted by Gasteiger charge is 2.15. The van der Waals surface area contributed by atoms with E-state index in [-0.39, 0.29) is 5.56 Å². The molecule has 0 spiro atoms. The predicted molar refractivity (Wildman–Crippen MR) is 95.1 cm³/mol. The fourth-order valence-corrected chi connectivity index (χ4v) is 3.47. The molecular formula is C17H9ClN2O3S. The third-order valence-electron chi connectivity index (χ3n) is 3.46. The Morgan fingerprint density at radius 3 is 2.88 bits per heavy atom. The molecule has 0 atom stereocenters. The fourth-order valence-electron chi connectivity index (χ4n) is 2.34. The summed E-state index contributed by atoms with van der Waals surface area (Å²) >= 11 is 7.23. The Morgan fingerprint density at radius 1 is 1.17 bits per heavy atom. The quantitative estimate of drug-likeness (QED) is 0.543. The Labute approximate surface area is 144 Å². The number of anilines is 1. The molecule has 24 heavy (non-hydrogen) atoms. The van der Waals surface area contributed by atoms with Gasteiger partial charge < -0.3 is 4.42 Å². The van der Waals surface area contributed by atoms with Crippen molar-refractivity contribution >= 4 is 55.2 Å². The lowest BCUT2D eigenvalue weighted by Gasteiger charge is -2.02. The van der Waals surface area contributed by atoms with Crippen molar-refractivity contribution in [3.63, 3.8) is 0 Å². The Kier molecular flexibility index (Phi) is 3.55. The van der Waals surface area contributed by atoms with E-state index >= 15 is 0 Å². The zero-order valence-corrected chi connectivity index (χ0v) is 13.6. The Morgan fingerprint density at radius 2 is 2.00 bits per heavy atom. The lowest BCUT2D eigenvalue weighted by molar-refractivity contribution is 0.102. The second kappa shape index (κ2) is 5.74. The SMILES string of the molecule is O=C(Nc1nc2ccc(Cl)cc2s1)c1cc2ccccc2oc1=O. The topological polar surface area (TPSA) is 72.2 Å². The molecule has 0 radical (unpaired) electrons. The molecule has 118 valence electrons. The van der Waals surface area contributed by atoms with Gasteiger partial charge in [-0.3, -0.25) is 10.1 Å². The molecule has 0 aliphatic rings. The number of halogens is 1. The minimum absolute atomic E-state index is 0.0639. The summed E-state index contributed by atoms with van der Waals surface area (Å²) in [6.07, 6.45) is 0. The number of hydrogen-bond acceptors (Lipinski definition) is 5. The van der Waals surface area contributed by atoms with E-state index in [0.717, 1.165) is 10.2 Å². The van der Waals surface area contributed by atoms with E-state index in [2.05, 4.69) is 10.3 Å². The number of nitrogens with one attached hydrogen (secondary N) is 1. The first-order valence-corrected chi connectivity index (χ1v) is 8.20. The van der Waals surface area contributed by atoms with Crippen LogP contribution in [0.3, 0.4) is 0 Å². The molecule has 2 heterocycles. The number of aromatic nitrogens is 1. The lowest BCUT2D eigenvalue weighted by atomic mass is 10.2. The van der Waals surface area contributed by atoms with E-state index in [0.29, 0.717) is 21.1 Å². The third kappa shape index (κ3) is 2.66. The number of amides is 1. The summed E-state index contributed by atoms with van der Waals surface area (Å²) in [5.74, 6) is -0.556. The third-order valence-corrected chi connectivity index (χ3v) is 4.63. The van der Waals surface area contributed by atoms with Gasteiger partial charge in [-0.05, 0) is 30.3 Å². The molecule has 5 nitrogen and oxygen atoms in total. The normalized spacial score (nSPS) is 11.0. The number of carbonyl (C=O) groups is 1. The van der Waals surface area contributed by atoms with Gasteiger partial charge in [0, 0.05) is 10.4 Å². The summed E-state index contributed by atoms with van der Waals surface area (Å²) in [6, 6.07) is 13.8. The predicted octanol–water partition coefficient (Wildman–Crippen LogP) is 4.31. The van der Waals surface area contributed by atoms with Gasteiger partial charge in [-0.15, -0.1) is 0 Å². The number of fused-ring (bicyclic) bond motifs is 2. The van der Waals surface area contributed by atoms with Crippen molar-refractivity contribution in [2.24, 2.45) is 0 Å². The van der Waals surface area contributed by atoms with E-state index < -0.39 is 11.5 Å². The van der Waals surface area contributed by atoms with Gasteiger partial charge in [-0.2, -0.15) is 0 Å². The van der Waals surface area contributed by atoms with Gasteiger partial charge in [0.05, 0.1) is 10.2 Å². The smallest absolute Gasteiger partial charge is 0.349 e. The largest absolute Gasteiger partial charge is 0.422 e. The van der Waals surface area contributed by atoms with Crippen LogP contribution in [0.1, 0.15) is 10.4 Å². The van der Waals surface area contributed by atoms with Crippen molar-refractivity contribution in [1.82, 2.24) is 4.98 Å². The van der Waals surface area contributed by atoms with Crippen LogP contribution >= 0.6 is 22.9 Å². The average molecular weight is 357 g/mol. The second-order valence-electron chi connectivity index (χ2n) is 5.07. The van der Waals surface area contributed by atoms with Gasteiger partial charge in [0.2, 0.25) is 0 Å². The molecule has 1 amide bonds. The van der Waals surface area contributed by atoms with Gasteiger partial charge in [0.15, 0.2) is 5.13 Å². The van der Waals surface area contributed by atoms with Gasteiger partial charge in [0.25, 0.3) is 5.91 Å². The molecule has 2 aromatic carbocycles. The highest BCUT2D eigenvalue weighted by molar-refractivity contribution is 7.22. The second-order valence-corrected chi connectivity index (χ2v) is 6.54. The van der Waals surface area contributed by atoms with Crippen LogP contribution in [0, 0.1) is 0 Å². The van der Waals surface area contributed by atoms with Crippen LogP contribution in [0.2, 0.25) is 5.02 Å². The minimum Gasteiger partial charge on any atom is -0.422 e. The van der Waals surface area contributed by atoms with Gasteiger partial charge in [-0.25, -0.2) is 9.78 Å². The van der Waals surface area contributed by atoms with Crippen LogP contribution in [0.4, 0.5) is 5.13 Å². The number of benzene rings is 2. The number of para-hydroxylation sites is 1. The van der Waals surface area contributed by atoms with Crippen LogP contribution in [0.25, 0.3) is 21.2 Å². The van der Waals surface area contributed by atoms with E-state index in [1.807, 2.05) is 0 Å². The zero-order valence-electron chi connectivity index (χ0n) is 12.1. The van der Waals surface area contributed by atoms with Gasteiger partial charge in [-0.1, -0.05) is 41.1 Å². The van der Waals surface area contributed by atoms with Gasteiger partial charge in [0.1, 0.15) is 11.1 Å². The van der Waals surface area contributed by atoms with Crippen LogP contribution in [-0.2, 0) is 0 Å². The molecule has 4 rings (SSSR count). The summed E-state index contributed by atoms with van der Waals surface area (Å²) in [5.41, 5.74) is 0.417. The molecule has 7 heteroatoms. The monoisotopic (exact) mass is 356 g/mol. The maximum atomic E-state index is 12.4. The Bertz CT molecular complexity index is 1150. The highest BCUT2D eigenvalue weighted by Crippen LogP contribution is 2.28. The van der Waals surface area contributed by atoms with Crippen LogP contribution in [0.5, 0.6) is 0 Å². The van der Waals surface area contributed by atoms with Crippen molar-refractivity contribution in [1.29, 1.82) is 0 Å². The summed E-state index contributed by atoms with van der Waals surface area (Å²) in [5, 5.41) is 4.31. The van der Waals surface area contributed by atoms with Crippen molar-refractivity contribution in [3.8, 4) is 0 Å². The molecular weight excluding hydrogens is 348 g/mol. The van der Waals surface area contributed by atoms with E-state index in [1.165, 1.54) is 17.4 Å². The number of nitrogens with zero attached hydrogens (tertiary/aromatic N) is 1. The van der Waals surface area contributed by atoms with E-state index in [9.17, 15) is 9.59 Å². The summed E-state index contributed by atoms with van der Waals surface area (Å²) in [4.78, 5) is 28.7. The van der Waals surface area contributed by atoms with Crippen molar-refractivity contribution in [3.05, 3.63) is 69.5 Å². The first-order chi connectivity index (χ1) is 11.6.